The van der Waals surface area contributed by atoms with E-state index in [9.17, 15) is 0 Å². The van der Waals surface area contributed by atoms with Crippen LogP contribution in [-0.4, -0.2) is 57.8 Å². The Morgan fingerprint density at radius 2 is 2.26 bits per heavy atom. The van der Waals surface area contributed by atoms with Crippen molar-refractivity contribution in [1.29, 1.82) is 0 Å². The number of nitrogens with one attached hydrogen (secondary N) is 2. The smallest absolute Gasteiger partial charge is 0.192 e. The standard InChI is InChI=1S/C16H27N7/c1-5-9-17-16(18-11-14-8-7-10-23(14)6-2)19-12-15-21-20-13(3)22(15)4/h1,14H,6-12H2,2-4H3,(H2,17,18,19). The molecule has 0 amide bonds. The van der Waals surface area contributed by atoms with E-state index in [2.05, 4.69) is 43.6 Å². The molecule has 1 fully saturated rings. The van der Waals surface area contributed by atoms with E-state index in [1.54, 1.807) is 0 Å². The van der Waals surface area contributed by atoms with Crippen LogP contribution in [0.1, 0.15) is 31.4 Å². The van der Waals surface area contributed by atoms with Crippen molar-refractivity contribution < 1.29 is 0 Å². The van der Waals surface area contributed by atoms with Crippen molar-refractivity contribution in [2.24, 2.45) is 12.0 Å². The number of aromatic nitrogens is 3. The van der Waals surface area contributed by atoms with E-state index >= 15 is 0 Å². The topological polar surface area (TPSA) is 70.4 Å². The lowest BCUT2D eigenvalue weighted by Crippen LogP contribution is -2.45. The highest BCUT2D eigenvalue weighted by Crippen LogP contribution is 2.15. The van der Waals surface area contributed by atoms with E-state index < -0.39 is 0 Å². The maximum absolute atomic E-state index is 5.34. The third-order valence-electron chi connectivity index (χ3n) is 4.33. The Bertz CT molecular complexity index is 569. The van der Waals surface area contributed by atoms with Crippen molar-refractivity contribution in [2.75, 3.05) is 26.2 Å². The van der Waals surface area contributed by atoms with Crippen molar-refractivity contribution in [1.82, 2.24) is 30.3 Å². The van der Waals surface area contributed by atoms with E-state index in [4.69, 9.17) is 6.42 Å². The molecule has 2 rings (SSSR count). The van der Waals surface area contributed by atoms with Crippen molar-refractivity contribution in [3.8, 4) is 12.3 Å². The molecular formula is C16H27N7. The average Bonchev–Trinajstić information content (AvgIpc) is 3.14. The molecule has 0 aliphatic carbocycles. The van der Waals surface area contributed by atoms with E-state index in [1.165, 1.54) is 19.4 Å². The van der Waals surface area contributed by atoms with E-state index in [-0.39, 0.29) is 0 Å². The summed E-state index contributed by atoms with van der Waals surface area (Å²) in [6.45, 7) is 8.21. The second-order valence-electron chi connectivity index (χ2n) is 5.75. The summed E-state index contributed by atoms with van der Waals surface area (Å²) in [4.78, 5) is 7.07. The van der Waals surface area contributed by atoms with Crippen LogP contribution in [0, 0.1) is 19.3 Å². The molecule has 126 valence electrons. The van der Waals surface area contributed by atoms with Gasteiger partial charge in [0, 0.05) is 19.6 Å². The normalized spacial score (nSPS) is 18.9. The van der Waals surface area contributed by atoms with Crippen LogP contribution in [0.5, 0.6) is 0 Å². The number of nitrogens with zero attached hydrogens (tertiary/aromatic N) is 5. The first-order chi connectivity index (χ1) is 11.2. The summed E-state index contributed by atoms with van der Waals surface area (Å²) in [5.74, 6) is 5.03. The largest absolute Gasteiger partial charge is 0.355 e. The van der Waals surface area contributed by atoms with Gasteiger partial charge in [-0.25, -0.2) is 4.99 Å². The second-order valence-corrected chi connectivity index (χ2v) is 5.75. The molecule has 1 aromatic heterocycles. The number of aryl methyl sites for hydroxylation is 1. The van der Waals surface area contributed by atoms with Crippen molar-refractivity contribution in [2.45, 2.75) is 39.3 Å². The molecule has 23 heavy (non-hydrogen) atoms. The third kappa shape index (κ3) is 4.70. The molecule has 2 N–H and O–H groups in total. The summed E-state index contributed by atoms with van der Waals surface area (Å²) in [5, 5.41) is 14.7. The minimum absolute atomic E-state index is 0.450. The zero-order valence-electron chi connectivity index (χ0n) is 14.3. The van der Waals surface area contributed by atoms with Gasteiger partial charge in [0.25, 0.3) is 0 Å². The first-order valence-electron chi connectivity index (χ1n) is 8.20. The quantitative estimate of drug-likeness (QED) is 0.448. The molecular weight excluding hydrogens is 290 g/mol. The van der Waals surface area contributed by atoms with Crippen LogP contribution in [0.3, 0.4) is 0 Å². The molecule has 1 aliphatic heterocycles. The van der Waals surface area contributed by atoms with Crippen molar-refractivity contribution >= 4 is 5.96 Å². The highest BCUT2D eigenvalue weighted by atomic mass is 15.3. The van der Waals surface area contributed by atoms with E-state index in [0.29, 0.717) is 19.1 Å². The zero-order valence-corrected chi connectivity index (χ0v) is 14.3. The lowest BCUT2D eigenvalue weighted by molar-refractivity contribution is 0.267. The Morgan fingerprint density at radius 1 is 1.43 bits per heavy atom. The Morgan fingerprint density at radius 3 is 2.91 bits per heavy atom. The average molecular weight is 317 g/mol. The molecule has 7 nitrogen and oxygen atoms in total. The van der Waals surface area contributed by atoms with Gasteiger partial charge in [0.1, 0.15) is 12.4 Å². The van der Waals surface area contributed by atoms with E-state index in [1.807, 2.05) is 18.5 Å². The number of terminal acetylenes is 1. The number of rotatable bonds is 6. The van der Waals surface area contributed by atoms with Crippen LogP contribution in [0.15, 0.2) is 4.99 Å². The fraction of sp³-hybridized carbons (Fsp3) is 0.688. The van der Waals surface area contributed by atoms with Crippen molar-refractivity contribution in [3.63, 3.8) is 0 Å². The zero-order chi connectivity index (χ0) is 16.7. The van der Waals surface area contributed by atoms with Gasteiger partial charge in [-0.05, 0) is 32.9 Å². The third-order valence-corrected chi connectivity index (χ3v) is 4.33. The fourth-order valence-electron chi connectivity index (χ4n) is 2.80. The van der Waals surface area contributed by atoms with Gasteiger partial charge in [0.05, 0.1) is 6.54 Å². The summed E-state index contributed by atoms with van der Waals surface area (Å²) in [5.41, 5.74) is 0. The molecule has 0 saturated carbocycles. The van der Waals surface area contributed by atoms with E-state index in [0.717, 1.165) is 30.7 Å². The van der Waals surface area contributed by atoms with Gasteiger partial charge in [-0.15, -0.1) is 16.6 Å². The molecule has 1 atom stereocenters. The molecule has 0 radical (unpaired) electrons. The minimum atomic E-state index is 0.450. The number of hydrogen-bond donors (Lipinski definition) is 2. The van der Waals surface area contributed by atoms with Crippen molar-refractivity contribution in [3.05, 3.63) is 11.6 Å². The Balaban J connectivity index is 1.94. The van der Waals surface area contributed by atoms with Crippen LogP contribution < -0.4 is 10.6 Å². The molecule has 1 unspecified atom stereocenters. The molecule has 0 spiro atoms. The summed E-state index contributed by atoms with van der Waals surface area (Å²) in [7, 11) is 1.94. The van der Waals surface area contributed by atoms with Gasteiger partial charge in [0.2, 0.25) is 0 Å². The maximum atomic E-state index is 5.34. The molecule has 1 saturated heterocycles. The molecule has 0 aromatic carbocycles. The Labute approximate surface area is 138 Å². The first kappa shape index (κ1) is 17.3. The SMILES string of the molecule is C#CCNC(=NCc1nnc(C)n1C)NCC1CCCN1CC. The maximum Gasteiger partial charge on any atom is 0.192 e. The summed E-state index contributed by atoms with van der Waals surface area (Å²) >= 11 is 0. The summed E-state index contributed by atoms with van der Waals surface area (Å²) < 4.78 is 1.94. The van der Waals surface area contributed by atoms with Gasteiger partial charge in [-0.1, -0.05) is 12.8 Å². The number of aliphatic imine (C=N–C) groups is 1. The van der Waals surface area contributed by atoms with Gasteiger partial charge >= 0.3 is 0 Å². The monoisotopic (exact) mass is 317 g/mol. The minimum Gasteiger partial charge on any atom is -0.355 e. The molecule has 1 aromatic rings. The van der Waals surface area contributed by atoms with Gasteiger partial charge in [-0.2, -0.15) is 0 Å². The fourth-order valence-corrected chi connectivity index (χ4v) is 2.80. The Hall–Kier alpha value is -2.07. The lowest BCUT2D eigenvalue weighted by atomic mass is 10.2. The highest BCUT2D eigenvalue weighted by Gasteiger charge is 2.22. The predicted molar refractivity (Wildman–Crippen MR) is 92.0 cm³/mol. The Kier molecular flexibility index (Phi) is 6.41. The van der Waals surface area contributed by atoms with Crippen LogP contribution >= 0.6 is 0 Å². The van der Waals surface area contributed by atoms with Crippen LogP contribution in [0.4, 0.5) is 0 Å². The van der Waals surface area contributed by atoms with Crippen LogP contribution in [0.2, 0.25) is 0 Å². The number of hydrogen-bond acceptors (Lipinski definition) is 4. The molecule has 0 bridgehead atoms. The molecule has 2 heterocycles. The number of likely N-dealkylation sites (tertiary alicyclic amines) is 1. The summed E-state index contributed by atoms with van der Waals surface area (Å²) in [6, 6.07) is 0.565. The van der Waals surface area contributed by atoms with Gasteiger partial charge in [-0.3, -0.25) is 4.90 Å². The van der Waals surface area contributed by atoms with Crippen LogP contribution in [-0.2, 0) is 13.6 Å². The lowest BCUT2D eigenvalue weighted by Gasteiger charge is -2.23. The van der Waals surface area contributed by atoms with Crippen LogP contribution in [0.25, 0.3) is 0 Å². The number of likely N-dealkylation sites (N-methyl/N-ethyl adjacent to an activating group) is 1. The van der Waals surface area contributed by atoms with Gasteiger partial charge < -0.3 is 15.2 Å². The predicted octanol–water partition coefficient (Wildman–Crippen LogP) is 0.276. The number of guanidine groups is 1. The van der Waals surface area contributed by atoms with Gasteiger partial charge in [0.15, 0.2) is 11.8 Å². The first-order valence-corrected chi connectivity index (χ1v) is 8.20. The second kappa shape index (κ2) is 8.53. The molecule has 7 heteroatoms. The summed E-state index contributed by atoms with van der Waals surface area (Å²) in [6.07, 6.45) is 7.84. The molecule has 1 aliphatic rings. The highest BCUT2D eigenvalue weighted by molar-refractivity contribution is 5.80.